The normalized spacial score (nSPS) is 12.4. The minimum Gasteiger partial charge on any atom is -0.307 e. The average Bonchev–Trinajstić information content (AvgIpc) is 0.819. The van der Waals surface area contributed by atoms with Gasteiger partial charge in [-0.05, 0) is 161 Å². The Morgan fingerprint density at radius 3 is 1.25 bits per heavy atom. The first-order chi connectivity index (χ1) is 41.2. The first-order valence-corrected chi connectivity index (χ1v) is 28.8. The molecule has 0 saturated heterocycles. The summed E-state index contributed by atoms with van der Waals surface area (Å²) in [7, 11) is 0. The number of aryl methyl sites for hydroxylation is 1. The summed E-state index contributed by atoms with van der Waals surface area (Å²) >= 11 is 0. The van der Waals surface area contributed by atoms with Crippen molar-refractivity contribution in [1.82, 2.24) is 0 Å². The predicted octanol–water partition coefficient (Wildman–Crippen LogP) is 22.8. The molecule has 1 aliphatic rings. The van der Waals surface area contributed by atoms with Gasteiger partial charge in [-0.15, -0.1) is 0 Å². The molecule has 0 unspecified atom stereocenters. The fourth-order valence-corrected chi connectivity index (χ4v) is 13.4. The van der Waals surface area contributed by atoms with Crippen LogP contribution in [0.2, 0.25) is 0 Å². The zero-order valence-corrected chi connectivity index (χ0v) is 46.8. The quantitative estimate of drug-likeness (QED) is 0.126. The van der Waals surface area contributed by atoms with E-state index in [4.69, 9.17) is 0 Å². The first kappa shape index (κ1) is 50.5. The van der Waals surface area contributed by atoms with Crippen molar-refractivity contribution in [3.05, 3.63) is 313 Å². The molecule has 0 amide bonds. The van der Waals surface area contributed by atoms with Gasteiger partial charge in [-0.1, -0.05) is 238 Å². The Morgan fingerprint density at radius 1 is 0.298 bits per heavy atom. The number of rotatable bonds is 10. The molecule has 0 aromatic heterocycles. The molecule has 2 nitrogen and oxygen atoms in total. The van der Waals surface area contributed by atoms with Crippen molar-refractivity contribution in [3.8, 4) is 55.6 Å². The van der Waals surface area contributed by atoms with Gasteiger partial charge >= 0.3 is 0 Å². The zero-order valence-electron chi connectivity index (χ0n) is 46.8. The number of hydrogen-bond donors (Lipinski definition) is 0. The summed E-state index contributed by atoms with van der Waals surface area (Å²) in [5.41, 5.74) is 16.2. The van der Waals surface area contributed by atoms with Gasteiger partial charge in [0.25, 0.3) is 0 Å². The van der Waals surface area contributed by atoms with Gasteiger partial charge in [0, 0.05) is 38.7 Å². The lowest BCUT2D eigenvalue weighted by atomic mass is 9.67. The van der Waals surface area contributed by atoms with Gasteiger partial charge in [0.15, 0.2) is 11.6 Å². The van der Waals surface area contributed by atoms with Crippen molar-refractivity contribution in [2.75, 3.05) is 9.80 Å². The third kappa shape index (κ3) is 8.28. The van der Waals surface area contributed by atoms with Crippen LogP contribution in [0.5, 0.6) is 0 Å². The number of fused-ring (bicyclic) bond motifs is 6. The maximum Gasteiger partial charge on any atom is 0.155 e. The van der Waals surface area contributed by atoms with Gasteiger partial charge < -0.3 is 9.80 Å². The molecule has 4 heteroatoms. The van der Waals surface area contributed by atoms with Crippen LogP contribution >= 0.6 is 0 Å². The predicted molar refractivity (Wildman–Crippen MR) is 350 cm³/mol. The van der Waals surface area contributed by atoms with Crippen LogP contribution in [0.25, 0.3) is 98.7 Å². The highest BCUT2D eigenvalue weighted by molar-refractivity contribution is 6.20. The fourth-order valence-electron chi connectivity index (χ4n) is 13.4. The number of hydrogen-bond acceptors (Lipinski definition) is 2. The lowest BCUT2D eigenvalue weighted by Gasteiger charge is -2.38. The molecule has 14 aromatic rings. The second kappa shape index (κ2) is 20.2. The van der Waals surface area contributed by atoms with Crippen molar-refractivity contribution in [2.24, 2.45) is 0 Å². The molecule has 0 bridgehead atoms. The molecule has 15 rings (SSSR count). The Hall–Kier alpha value is -10.4. The van der Waals surface area contributed by atoms with Gasteiger partial charge in [0.2, 0.25) is 0 Å². The number of nitrogens with zero attached hydrogens (tertiary/aromatic N) is 2. The largest absolute Gasteiger partial charge is 0.307 e. The summed E-state index contributed by atoms with van der Waals surface area (Å²) in [6, 6.07) is 97.8. The fraction of sp³-hybridized carbons (Fsp3) is 0.0500. The van der Waals surface area contributed by atoms with Crippen molar-refractivity contribution in [1.29, 1.82) is 0 Å². The molecule has 0 atom stereocenters. The van der Waals surface area contributed by atoms with Crippen LogP contribution in [0, 0.1) is 18.6 Å². The van der Waals surface area contributed by atoms with Crippen LogP contribution in [0.15, 0.2) is 285 Å². The number of benzene rings is 14. The summed E-state index contributed by atoms with van der Waals surface area (Å²) in [5, 5.41) is 8.68. The molecular weight excluding hydrogens is 1030 g/mol. The SMILES string of the molecule is Cc1c2c3c(cccc3c3cc(N(c4cc(-c5ccccc5)cc(-c5ccccc5)c4F)c4cccc5ccccc45)ccc13)C(C)(C)c1cc(N(c3cc(-c4ccccc4)cc(-c4ccccc4)c3F)c3cccc4ccccc34)ccc1-2. The highest BCUT2D eigenvalue weighted by Gasteiger charge is 2.37. The number of halogens is 2. The average molecular weight is 1080 g/mol. The van der Waals surface area contributed by atoms with E-state index in [0.717, 1.165) is 111 Å². The third-order valence-electron chi connectivity index (χ3n) is 17.5. The van der Waals surface area contributed by atoms with Crippen LogP contribution in [0.1, 0.15) is 30.5 Å². The summed E-state index contributed by atoms with van der Waals surface area (Å²) in [6.45, 7) is 6.90. The Bertz CT molecular complexity index is 4890. The van der Waals surface area contributed by atoms with Gasteiger partial charge in [0.1, 0.15) is 0 Å². The minimum absolute atomic E-state index is 0.301. The molecule has 1 aliphatic carbocycles. The van der Waals surface area contributed by atoms with Crippen molar-refractivity contribution in [2.45, 2.75) is 26.2 Å². The highest BCUT2D eigenvalue weighted by Crippen LogP contribution is 2.55. The van der Waals surface area contributed by atoms with Crippen LogP contribution in [-0.4, -0.2) is 0 Å². The molecule has 84 heavy (non-hydrogen) atoms. The highest BCUT2D eigenvalue weighted by atomic mass is 19.1. The monoisotopic (exact) mass is 1080 g/mol. The topological polar surface area (TPSA) is 6.48 Å². The van der Waals surface area contributed by atoms with E-state index in [9.17, 15) is 0 Å². The van der Waals surface area contributed by atoms with E-state index in [1.807, 2.05) is 121 Å². The molecular formula is C80H56F2N2. The summed E-state index contributed by atoms with van der Waals surface area (Å²) < 4.78 is 36.4. The van der Waals surface area contributed by atoms with E-state index < -0.39 is 5.41 Å². The van der Waals surface area contributed by atoms with Crippen molar-refractivity contribution < 1.29 is 8.78 Å². The molecule has 0 radical (unpaired) electrons. The molecule has 14 aromatic carbocycles. The molecule has 0 spiro atoms. The van der Waals surface area contributed by atoms with Crippen LogP contribution in [-0.2, 0) is 5.41 Å². The van der Waals surface area contributed by atoms with Crippen LogP contribution in [0.4, 0.5) is 42.9 Å². The Kier molecular flexibility index (Phi) is 12.2. The lowest BCUT2D eigenvalue weighted by Crippen LogP contribution is -2.25. The zero-order chi connectivity index (χ0) is 56.6. The Morgan fingerprint density at radius 2 is 0.726 bits per heavy atom. The van der Waals surface area contributed by atoms with Crippen LogP contribution in [0.3, 0.4) is 0 Å². The maximum absolute atomic E-state index is 18.2. The third-order valence-corrected chi connectivity index (χ3v) is 17.5. The number of anilines is 6. The van der Waals surface area contributed by atoms with Gasteiger partial charge in [-0.2, -0.15) is 0 Å². The second-order valence-electron chi connectivity index (χ2n) is 22.7. The smallest absolute Gasteiger partial charge is 0.155 e. The second-order valence-corrected chi connectivity index (χ2v) is 22.7. The Labute approximate surface area is 488 Å². The molecule has 0 fully saturated rings. The molecule has 400 valence electrons. The standard InChI is InChI=1S/C80H56F2N2/c1-51-62-43-41-60(83(72-39-20-33-54-31-16-18-35-63(54)72)74-47-58(52-23-8-4-9-24-52)45-67(78(74)81)56-27-12-6-13-28-56)49-69(62)65-37-22-38-70-77(65)76(51)66-44-42-61(50-71(66)80(70,2)3)84(73-40-21-34-55-32-17-19-36-64(55)73)75-48-59(53-25-10-5-11-26-53)46-68(79(75)82)57-29-14-7-15-30-57/h4-50H,1-3H3. The van der Waals surface area contributed by atoms with E-state index in [1.54, 1.807) is 0 Å². The molecule has 0 aliphatic heterocycles. The first-order valence-electron chi connectivity index (χ1n) is 28.8. The molecule has 0 heterocycles. The molecule has 0 N–H and O–H groups in total. The van der Waals surface area contributed by atoms with Crippen LogP contribution < -0.4 is 9.80 Å². The summed E-state index contributed by atoms with van der Waals surface area (Å²) in [5.74, 6) is -0.605. The van der Waals surface area contributed by atoms with Crippen molar-refractivity contribution >= 4 is 77.2 Å². The maximum atomic E-state index is 18.2. The summed E-state index contributed by atoms with van der Waals surface area (Å²) in [4.78, 5) is 4.27. The summed E-state index contributed by atoms with van der Waals surface area (Å²) in [6.07, 6.45) is 0. The van der Waals surface area contributed by atoms with E-state index in [-0.39, 0.29) is 11.6 Å². The van der Waals surface area contributed by atoms with E-state index in [2.05, 4.69) is 194 Å². The lowest BCUT2D eigenvalue weighted by molar-refractivity contribution is 0.632. The van der Waals surface area contributed by atoms with Gasteiger partial charge in [0.05, 0.1) is 22.7 Å². The van der Waals surface area contributed by atoms with Gasteiger partial charge in [-0.3, -0.25) is 0 Å². The van der Waals surface area contributed by atoms with E-state index in [0.29, 0.717) is 22.5 Å². The van der Waals surface area contributed by atoms with Crippen molar-refractivity contribution in [3.63, 3.8) is 0 Å². The van der Waals surface area contributed by atoms with E-state index in [1.165, 1.54) is 16.5 Å². The Balaban J connectivity index is 0.950. The van der Waals surface area contributed by atoms with Gasteiger partial charge in [-0.25, -0.2) is 8.78 Å². The molecule has 0 saturated carbocycles. The minimum atomic E-state index is -0.510. The van der Waals surface area contributed by atoms with E-state index >= 15 is 8.78 Å².